The third-order valence-corrected chi connectivity index (χ3v) is 5.11. The predicted molar refractivity (Wildman–Crippen MR) is 111 cm³/mol. The van der Waals surface area contributed by atoms with Crippen molar-refractivity contribution in [3.8, 4) is 11.8 Å². The molecule has 3 heterocycles. The van der Waals surface area contributed by atoms with E-state index in [1.54, 1.807) is 0 Å². The fourth-order valence-electron chi connectivity index (χ4n) is 3.67. The van der Waals surface area contributed by atoms with Gasteiger partial charge in [0.05, 0.1) is 6.54 Å². The summed E-state index contributed by atoms with van der Waals surface area (Å²) in [7, 11) is 0. The van der Waals surface area contributed by atoms with Gasteiger partial charge >= 0.3 is 0 Å². The molecule has 0 atom stereocenters. The van der Waals surface area contributed by atoms with E-state index in [0.717, 1.165) is 53.3 Å². The fraction of sp³-hybridized carbons (Fsp3) is 0.261. The highest BCUT2D eigenvalue weighted by Crippen LogP contribution is 2.22. The topological polar surface area (TPSA) is 59.4 Å². The number of nitrogens with zero attached hydrogens (tertiary/aromatic N) is 5. The van der Waals surface area contributed by atoms with Crippen LogP contribution in [0, 0.1) is 25.2 Å². The number of aromatic nitrogens is 4. The maximum atomic E-state index is 9.33. The van der Waals surface area contributed by atoms with Crippen molar-refractivity contribution in [3.05, 3.63) is 77.0 Å². The first-order chi connectivity index (χ1) is 13.6. The zero-order valence-electron chi connectivity index (χ0n) is 16.5. The van der Waals surface area contributed by atoms with Gasteiger partial charge in [-0.25, -0.2) is 9.97 Å². The third kappa shape index (κ3) is 3.07. The first-order valence-corrected chi connectivity index (χ1v) is 9.61. The summed E-state index contributed by atoms with van der Waals surface area (Å²) in [6.45, 7) is 7.00. The van der Waals surface area contributed by atoms with Crippen molar-refractivity contribution in [1.29, 1.82) is 5.26 Å². The molecular formula is C23H23N5. The first-order valence-electron chi connectivity index (χ1n) is 9.61. The van der Waals surface area contributed by atoms with E-state index in [9.17, 15) is 5.26 Å². The standard InChI is InChI=1S/C23H23N5/c1-4-5-21-26-22-16(2)12-13-25-23(22)27(21)15-18-7-10-19(11-8-18)28-17(3)6-9-20(28)14-24/h6-13H,4-5,15H2,1-3H3. The van der Waals surface area contributed by atoms with E-state index in [1.807, 2.05) is 35.9 Å². The SMILES string of the molecule is CCCc1nc2c(C)ccnc2n1Cc1ccc(-n2c(C)ccc2C#N)cc1. The van der Waals surface area contributed by atoms with Gasteiger partial charge in [-0.3, -0.25) is 0 Å². The number of hydrogen-bond donors (Lipinski definition) is 0. The highest BCUT2D eigenvalue weighted by Gasteiger charge is 2.13. The van der Waals surface area contributed by atoms with E-state index < -0.39 is 0 Å². The normalized spacial score (nSPS) is 11.1. The molecule has 1 aromatic carbocycles. The molecule has 0 amide bonds. The largest absolute Gasteiger partial charge is 0.308 e. The molecule has 4 aromatic rings. The predicted octanol–water partition coefficient (Wildman–Crippen LogP) is 4.71. The van der Waals surface area contributed by atoms with E-state index in [4.69, 9.17) is 4.98 Å². The molecule has 0 aliphatic heterocycles. The van der Waals surface area contributed by atoms with Gasteiger partial charge in [-0.15, -0.1) is 0 Å². The van der Waals surface area contributed by atoms with E-state index in [1.165, 1.54) is 5.56 Å². The van der Waals surface area contributed by atoms with E-state index >= 15 is 0 Å². The van der Waals surface area contributed by atoms with Crippen LogP contribution in [-0.4, -0.2) is 19.1 Å². The maximum absolute atomic E-state index is 9.33. The lowest BCUT2D eigenvalue weighted by Gasteiger charge is -2.11. The van der Waals surface area contributed by atoms with Crippen molar-refractivity contribution in [3.63, 3.8) is 0 Å². The van der Waals surface area contributed by atoms with Crippen molar-refractivity contribution >= 4 is 11.2 Å². The van der Waals surface area contributed by atoms with E-state index in [2.05, 4.69) is 53.7 Å². The Morgan fingerprint density at radius 1 is 1.04 bits per heavy atom. The minimum absolute atomic E-state index is 0.649. The molecule has 0 bridgehead atoms. The van der Waals surface area contributed by atoms with Crippen LogP contribution in [0.1, 0.15) is 41.7 Å². The number of benzene rings is 1. The number of fused-ring (bicyclic) bond motifs is 1. The number of hydrogen-bond acceptors (Lipinski definition) is 3. The van der Waals surface area contributed by atoms with Gasteiger partial charge in [0, 0.05) is 24.0 Å². The second-order valence-electron chi connectivity index (χ2n) is 7.14. The quantitative estimate of drug-likeness (QED) is 0.512. The van der Waals surface area contributed by atoms with Gasteiger partial charge in [0.2, 0.25) is 0 Å². The summed E-state index contributed by atoms with van der Waals surface area (Å²) in [5, 5.41) is 9.33. The lowest BCUT2D eigenvalue weighted by Crippen LogP contribution is -2.06. The van der Waals surface area contributed by atoms with Gasteiger partial charge in [0.1, 0.15) is 23.1 Å². The molecule has 0 saturated heterocycles. The average Bonchev–Trinajstić information content (AvgIpc) is 3.24. The fourth-order valence-corrected chi connectivity index (χ4v) is 3.67. The highest BCUT2D eigenvalue weighted by atomic mass is 15.1. The zero-order chi connectivity index (χ0) is 19.7. The van der Waals surface area contributed by atoms with Crippen LogP contribution in [-0.2, 0) is 13.0 Å². The molecule has 3 aromatic heterocycles. The molecule has 0 saturated carbocycles. The number of aryl methyl sites for hydroxylation is 3. The number of rotatable bonds is 5. The molecule has 0 N–H and O–H groups in total. The molecule has 140 valence electrons. The van der Waals surface area contributed by atoms with Crippen LogP contribution in [0.4, 0.5) is 0 Å². The lowest BCUT2D eigenvalue weighted by atomic mass is 10.2. The molecule has 28 heavy (non-hydrogen) atoms. The summed E-state index contributed by atoms with van der Waals surface area (Å²) >= 11 is 0. The van der Waals surface area contributed by atoms with Crippen molar-refractivity contribution in [1.82, 2.24) is 19.1 Å². The Bertz CT molecular complexity index is 1170. The summed E-state index contributed by atoms with van der Waals surface area (Å²) in [6.07, 6.45) is 3.83. The van der Waals surface area contributed by atoms with Crippen molar-refractivity contribution in [2.45, 2.75) is 40.2 Å². The molecule has 0 unspecified atom stereocenters. The van der Waals surface area contributed by atoms with E-state index in [0.29, 0.717) is 5.69 Å². The number of imidazole rings is 1. The monoisotopic (exact) mass is 369 g/mol. The Balaban J connectivity index is 1.70. The van der Waals surface area contributed by atoms with Crippen molar-refractivity contribution in [2.24, 2.45) is 0 Å². The van der Waals surface area contributed by atoms with E-state index in [-0.39, 0.29) is 0 Å². The lowest BCUT2D eigenvalue weighted by molar-refractivity contribution is 0.716. The van der Waals surface area contributed by atoms with Gasteiger partial charge in [0.25, 0.3) is 0 Å². The van der Waals surface area contributed by atoms with Gasteiger partial charge < -0.3 is 9.13 Å². The molecular weight excluding hydrogens is 346 g/mol. The Morgan fingerprint density at radius 3 is 2.54 bits per heavy atom. The average molecular weight is 369 g/mol. The number of nitriles is 1. The van der Waals surface area contributed by atoms with Crippen LogP contribution >= 0.6 is 0 Å². The molecule has 0 aliphatic carbocycles. The Labute approximate surface area is 164 Å². The van der Waals surface area contributed by atoms with Crippen LogP contribution in [0.2, 0.25) is 0 Å². The third-order valence-electron chi connectivity index (χ3n) is 5.11. The molecule has 0 fully saturated rings. The second kappa shape index (κ2) is 7.32. The van der Waals surface area contributed by atoms with Gasteiger partial charge in [-0.1, -0.05) is 19.1 Å². The van der Waals surface area contributed by atoms with Crippen molar-refractivity contribution in [2.75, 3.05) is 0 Å². The summed E-state index contributed by atoms with van der Waals surface area (Å²) in [5.41, 5.74) is 6.98. The van der Waals surface area contributed by atoms with Gasteiger partial charge in [-0.2, -0.15) is 5.26 Å². The van der Waals surface area contributed by atoms with Gasteiger partial charge in [0.15, 0.2) is 5.65 Å². The number of pyridine rings is 1. The minimum Gasteiger partial charge on any atom is -0.308 e. The maximum Gasteiger partial charge on any atom is 0.160 e. The molecule has 4 rings (SSSR count). The van der Waals surface area contributed by atoms with Crippen LogP contribution in [0.3, 0.4) is 0 Å². The van der Waals surface area contributed by atoms with Crippen LogP contribution < -0.4 is 0 Å². The van der Waals surface area contributed by atoms with Crippen LogP contribution in [0.25, 0.3) is 16.9 Å². The van der Waals surface area contributed by atoms with Crippen LogP contribution in [0.5, 0.6) is 0 Å². The minimum atomic E-state index is 0.649. The summed E-state index contributed by atoms with van der Waals surface area (Å²) in [4.78, 5) is 9.44. The molecule has 5 heteroatoms. The zero-order valence-corrected chi connectivity index (χ0v) is 16.5. The second-order valence-corrected chi connectivity index (χ2v) is 7.14. The first kappa shape index (κ1) is 18.0. The summed E-state index contributed by atoms with van der Waals surface area (Å²) in [6, 6.07) is 16.5. The van der Waals surface area contributed by atoms with Gasteiger partial charge in [-0.05, 0) is 61.7 Å². The van der Waals surface area contributed by atoms with Crippen LogP contribution in [0.15, 0.2) is 48.7 Å². The molecule has 0 aliphatic rings. The smallest absolute Gasteiger partial charge is 0.160 e. The van der Waals surface area contributed by atoms with Crippen molar-refractivity contribution < 1.29 is 0 Å². The molecule has 5 nitrogen and oxygen atoms in total. The molecule has 0 radical (unpaired) electrons. The Kier molecular flexibility index (Phi) is 4.70. The molecule has 0 spiro atoms. The Morgan fingerprint density at radius 2 is 1.82 bits per heavy atom. The summed E-state index contributed by atoms with van der Waals surface area (Å²) in [5.74, 6) is 1.08. The summed E-state index contributed by atoms with van der Waals surface area (Å²) < 4.78 is 4.20. The Hall–Kier alpha value is -3.39. The highest BCUT2D eigenvalue weighted by molar-refractivity contribution is 5.75.